The number of methoxy groups -OCH3 is 1. The lowest BCUT2D eigenvalue weighted by atomic mass is 10.1. The van der Waals surface area contributed by atoms with Crippen molar-refractivity contribution in [2.75, 3.05) is 31.6 Å². The highest BCUT2D eigenvalue weighted by atomic mass is 19.1. The van der Waals surface area contributed by atoms with Crippen LogP contribution in [0.3, 0.4) is 0 Å². The van der Waals surface area contributed by atoms with Gasteiger partial charge in [-0.1, -0.05) is 0 Å². The van der Waals surface area contributed by atoms with Gasteiger partial charge in [-0.15, -0.1) is 0 Å². The SMILES string of the molecule is COc1c(N2CCNC(C3CC3)C2)c(F)cc2c(=O)c(C(=O)O)cn([C@@H]3C[C@@H]3F)c12. The van der Waals surface area contributed by atoms with E-state index in [2.05, 4.69) is 5.32 Å². The molecular weight excluding hydrogens is 396 g/mol. The summed E-state index contributed by atoms with van der Waals surface area (Å²) in [5.41, 5.74) is -0.823. The maximum atomic E-state index is 15.3. The van der Waals surface area contributed by atoms with Gasteiger partial charge < -0.3 is 24.6 Å². The fraction of sp³-hybridized carbons (Fsp3) is 0.524. The number of alkyl halides is 1. The van der Waals surface area contributed by atoms with Gasteiger partial charge in [-0.25, -0.2) is 13.6 Å². The van der Waals surface area contributed by atoms with E-state index in [1.807, 2.05) is 4.90 Å². The van der Waals surface area contributed by atoms with Crippen LogP contribution in [0.15, 0.2) is 17.1 Å². The van der Waals surface area contributed by atoms with Crippen molar-refractivity contribution >= 4 is 22.6 Å². The number of nitrogens with zero attached hydrogens (tertiary/aromatic N) is 2. The molecule has 1 aromatic heterocycles. The van der Waals surface area contributed by atoms with Crippen LogP contribution in [0.2, 0.25) is 0 Å². The minimum atomic E-state index is -1.43. The number of ether oxygens (including phenoxy) is 1. The predicted molar refractivity (Wildman–Crippen MR) is 107 cm³/mol. The molecule has 5 rings (SSSR count). The van der Waals surface area contributed by atoms with Crippen molar-refractivity contribution in [3.8, 4) is 5.75 Å². The molecule has 2 heterocycles. The quantitative estimate of drug-likeness (QED) is 0.774. The highest BCUT2D eigenvalue weighted by Crippen LogP contribution is 2.45. The molecule has 2 aliphatic carbocycles. The van der Waals surface area contributed by atoms with Crippen LogP contribution in [-0.2, 0) is 0 Å². The molecule has 160 valence electrons. The number of aromatic carboxylic acids is 1. The number of carboxylic acids is 1. The zero-order valence-electron chi connectivity index (χ0n) is 16.5. The molecule has 30 heavy (non-hydrogen) atoms. The highest BCUT2D eigenvalue weighted by molar-refractivity contribution is 5.97. The van der Waals surface area contributed by atoms with Gasteiger partial charge in [-0.3, -0.25) is 4.79 Å². The number of anilines is 1. The van der Waals surface area contributed by atoms with Crippen LogP contribution in [-0.4, -0.2) is 54.6 Å². The Hall–Kier alpha value is -2.68. The lowest BCUT2D eigenvalue weighted by Gasteiger charge is -2.36. The molecule has 3 atom stereocenters. The molecule has 3 fully saturated rings. The van der Waals surface area contributed by atoms with E-state index in [9.17, 15) is 19.1 Å². The van der Waals surface area contributed by atoms with Gasteiger partial charge in [-0.05, 0) is 24.8 Å². The monoisotopic (exact) mass is 419 g/mol. The van der Waals surface area contributed by atoms with E-state index in [0.717, 1.165) is 25.1 Å². The van der Waals surface area contributed by atoms with Gasteiger partial charge in [0.15, 0.2) is 11.6 Å². The van der Waals surface area contributed by atoms with Crippen molar-refractivity contribution in [3.05, 3.63) is 33.9 Å². The van der Waals surface area contributed by atoms with Crippen molar-refractivity contribution in [2.24, 2.45) is 5.92 Å². The van der Waals surface area contributed by atoms with Gasteiger partial charge >= 0.3 is 5.97 Å². The molecule has 1 aliphatic heterocycles. The number of benzene rings is 1. The topological polar surface area (TPSA) is 83.8 Å². The van der Waals surface area contributed by atoms with Crippen molar-refractivity contribution < 1.29 is 23.4 Å². The minimum absolute atomic E-state index is 0.110. The normalized spacial score (nSPS) is 26.1. The molecule has 3 aliphatic rings. The van der Waals surface area contributed by atoms with E-state index in [1.165, 1.54) is 11.7 Å². The van der Waals surface area contributed by atoms with E-state index in [4.69, 9.17) is 4.74 Å². The standard InChI is InChI=1S/C21H23F2N3O4/c1-30-20-17-11(19(27)12(21(28)29)8-26(17)16-7-13(16)22)6-14(23)18(20)25-5-4-24-15(9-25)10-2-3-10/h6,8,10,13,15-16,24H,2-5,7,9H2,1H3,(H,28,29)/t13-,15?,16+/m0/s1. The van der Waals surface area contributed by atoms with Crippen molar-refractivity contribution in [1.29, 1.82) is 0 Å². The molecule has 0 bridgehead atoms. The fourth-order valence-corrected chi connectivity index (χ4v) is 4.58. The van der Waals surface area contributed by atoms with Crippen LogP contribution in [0.1, 0.15) is 35.7 Å². The largest absolute Gasteiger partial charge is 0.492 e. The van der Waals surface area contributed by atoms with E-state index < -0.39 is 35.0 Å². The van der Waals surface area contributed by atoms with Gasteiger partial charge in [0.25, 0.3) is 0 Å². The Morgan fingerprint density at radius 3 is 2.70 bits per heavy atom. The molecule has 9 heteroatoms. The van der Waals surface area contributed by atoms with Gasteiger partial charge in [0, 0.05) is 38.3 Å². The molecule has 2 aromatic rings. The summed E-state index contributed by atoms with van der Waals surface area (Å²) in [5, 5.41) is 12.8. The predicted octanol–water partition coefficient (Wildman–Crippen LogP) is 2.32. The molecule has 7 nitrogen and oxygen atoms in total. The number of fused-ring (bicyclic) bond motifs is 1. The maximum Gasteiger partial charge on any atom is 0.341 e. The Morgan fingerprint density at radius 1 is 1.37 bits per heavy atom. The van der Waals surface area contributed by atoms with Crippen molar-refractivity contribution in [1.82, 2.24) is 9.88 Å². The summed E-state index contributed by atoms with van der Waals surface area (Å²) in [6.45, 7) is 1.87. The molecule has 1 aromatic carbocycles. The Kier molecular flexibility index (Phi) is 4.46. The number of nitrogens with one attached hydrogen (secondary N) is 1. The third-order valence-corrected chi connectivity index (χ3v) is 6.38. The average Bonchev–Trinajstić information content (AvgIpc) is 3.64. The molecule has 1 saturated heterocycles. The summed E-state index contributed by atoms with van der Waals surface area (Å²) in [6.07, 6.45) is 2.53. The minimum Gasteiger partial charge on any atom is -0.492 e. The maximum absolute atomic E-state index is 15.3. The first-order valence-electron chi connectivity index (χ1n) is 10.2. The number of piperazine rings is 1. The molecular formula is C21H23F2N3O4. The Labute approximate surface area is 171 Å². The summed E-state index contributed by atoms with van der Waals surface area (Å²) in [4.78, 5) is 26.2. The van der Waals surface area contributed by atoms with E-state index in [-0.39, 0.29) is 34.8 Å². The Balaban J connectivity index is 1.73. The van der Waals surface area contributed by atoms with Crippen molar-refractivity contribution in [3.63, 3.8) is 0 Å². The molecule has 0 radical (unpaired) electrons. The number of aromatic nitrogens is 1. The first-order chi connectivity index (χ1) is 14.4. The Bertz CT molecular complexity index is 1100. The summed E-state index contributed by atoms with van der Waals surface area (Å²) < 4.78 is 36.3. The van der Waals surface area contributed by atoms with E-state index in [0.29, 0.717) is 25.6 Å². The second kappa shape index (κ2) is 6.94. The number of pyridine rings is 1. The number of carbonyl (C=O) groups is 1. The second-order valence-corrected chi connectivity index (χ2v) is 8.38. The number of carboxylic acid groups (broad SMARTS) is 1. The van der Waals surface area contributed by atoms with E-state index >= 15 is 4.39 Å². The molecule has 1 unspecified atom stereocenters. The van der Waals surface area contributed by atoms with Crippen LogP contribution < -0.4 is 20.4 Å². The van der Waals surface area contributed by atoms with Gasteiger partial charge in [0.2, 0.25) is 5.43 Å². The number of rotatable bonds is 5. The molecule has 0 amide bonds. The van der Waals surface area contributed by atoms with Crippen LogP contribution in [0, 0.1) is 11.7 Å². The average molecular weight is 419 g/mol. The Morgan fingerprint density at radius 2 is 2.10 bits per heavy atom. The second-order valence-electron chi connectivity index (χ2n) is 8.38. The van der Waals surface area contributed by atoms with Gasteiger partial charge in [0.1, 0.15) is 17.4 Å². The van der Waals surface area contributed by atoms with Crippen LogP contribution in [0.25, 0.3) is 10.9 Å². The van der Waals surface area contributed by atoms with Gasteiger partial charge in [0.05, 0.1) is 24.1 Å². The number of halogens is 2. The van der Waals surface area contributed by atoms with Crippen LogP contribution in [0.4, 0.5) is 14.5 Å². The zero-order chi connectivity index (χ0) is 21.2. The summed E-state index contributed by atoms with van der Waals surface area (Å²) >= 11 is 0. The molecule has 2 N–H and O–H groups in total. The molecule has 0 spiro atoms. The third-order valence-electron chi connectivity index (χ3n) is 6.38. The highest BCUT2D eigenvalue weighted by Gasteiger charge is 2.42. The first-order valence-corrected chi connectivity index (χ1v) is 10.2. The van der Waals surface area contributed by atoms with Crippen molar-refractivity contribution in [2.45, 2.75) is 37.5 Å². The lowest BCUT2D eigenvalue weighted by Crippen LogP contribution is -2.52. The lowest BCUT2D eigenvalue weighted by molar-refractivity contribution is 0.0694. The first kappa shape index (κ1) is 19.3. The van der Waals surface area contributed by atoms with Gasteiger partial charge in [-0.2, -0.15) is 0 Å². The third kappa shape index (κ3) is 3.03. The molecule has 2 saturated carbocycles. The van der Waals surface area contributed by atoms with Crippen LogP contribution >= 0.6 is 0 Å². The van der Waals surface area contributed by atoms with Crippen LogP contribution in [0.5, 0.6) is 5.75 Å². The number of hydrogen-bond acceptors (Lipinski definition) is 5. The van der Waals surface area contributed by atoms with E-state index in [1.54, 1.807) is 0 Å². The number of hydrogen-bond donors (Lipinski definition) is 2. The summed E-state index contributed by atoms with van der Waals surface area (Å²) in [7, 11) is 1.39. The summed E-state index contributed by atoms with van der Waals surface area (Å²) in [5.74, 6) is -1.34. The fourth-order valence-electron chi connectivity index (χ4n) is 4.58. The summed E-state index contributed by atoms with van der Waals surface area (Å²) in [6, 6.07) is 0.733. The zero-order valence-corrected chi connectivity index (χ0v) is 16.5. The smallest absolute Gasteiger partial charge is 0.341 e.